The van der Waals surface area contributed by atoms with Gasteiger partial charge < -0.3 is 10.1 Å². The van der Waals surface area contributed by atoms with Crippen molar-refractivity contribution in [2.75, 3.05) is 5.32 Å². The van der Waals surface area contributed by atoms with Crippen molar-refractivity contribution in [3.05, 3.63) is 107 Å². The first-order valence-electron chi connectivity index (χ1n) is 9.77. The number of hydrogen-bond acceptors (Lipinski definition) is 2. The lowest BCUT2D eigenvalue weighted by molar-refractivity contribution is 0.306. The second-order valence-electron chi connectivity index (χ2n) is 7.55. The smallest absolute Gasteiger partial charge is 0.123 e. The van der Waals surface area contributed by atoms with Crippen molar-refractivity contribution in [3.63, 3.8) is 0 Å². The van der Waals surface area contributed by atoms with Gasteiger partial charge in [0.25, 0.3) is 0 Å². The molecule has 0 amide bonds. The molecular weight excluding hydrogens is 349 g/mol. The van der Waals surface area contributed by atoms with Crippen molar-refractivity contribution in [1.82, 2.24) is 0 Å². The van der Waals surface area contributed by atoms with Crippen molar-refractivity contribution in [1.29, 1.82) is 0 Å². The van der Waals surface area contributed by atoms with Gasteiger partial charge in [-0.2, -0.15) is 0 Å². The lowest BCUT2D eigenvalue weighted by Crippen LogP contribution is -2.29. The molecule has 3 heteroatoms. The van der Waals surface area contributed by atoms with E-state index in [1.54, 1.807) is 6.07 Å². The van der Waals surface area contributed by atoms with Crippen LogP contribution in [-0.4, -0.2) is 0 Å². The summed E-state index contributed by atoms with van der Waals surface area (Å²) in [6.45, 7) is 0.565. The topological polar surface area (TPSA) is 21.3 Å². The number of benzene rings is 3. The number of anilines is 1. The second-order valence-corrected chi connectivity index (χ2v) is 7.55. The van der Waals surface area contributed by atoms with Gasteiger partial charge in [-0.15, -0.1) is 0 Å². The number of rotatable bonds is 4. The Morgan fingerprint density at radius 2 is 1.79 bits per heavy atom. The maximum absolute atomic E-state index is 13.7. The second kappa shape index (κ2) is 7.16. The van der Waals surface area contributed by atoms with Crippen molar-refractivity contribution in [2.24, 2.45) is 5.92 Å². The van der Waals surface area contributed by atoms with Gasteiger partial charge in [0.1, 0.15) is 18.2 Å². The van der Waals surface area contributed by atoms with E-state index < -0.39 is 0 Å². The first-order chi connectivity index (χ1) is 13.8. The first-order valence-corrected chi connectivity index (χ1v) is 9.77. The average Bonchev–Trinajstić information content (AvgIpc) is 3.23. The van der Waals surface area contributed by atoms with E-state index in [1.807, 2.05) is 36.4 Å². The van der Waals surface area contributed by atoms with E-state index in [-0.39, 0.29) is 17.8 Å². The lowest BCUT2D eigenvalue weighted by Gasteiger charge is -2.37. The monoisotopic (exact) mass is 371 g/mol. The quantitative estimate of drug-likeness (QED) is 0.549. The fourth-order valence-electron chi connectivity index (χ4n) is 4.41. The largest absolute Gasteiger partial charge is 0.489 e. The zero-order chi connectivity index (χ0) is 18.9. The van der Waals surface area contributed by atoms with Gasteiger partial charge in [-0.25, -0.2) is 4.39 Å². The van der Waals surface area contributed by atoms with Crippen LogP contribution in [0.2, 0.25) is 0 Å². The maximum atomic E-state index is 13.7. The highest BCUT2D eigenvalue weighted by atomic mass is 19.1. The van der Waals surface area contributed by atoms with Gasteiger partial charge in [-0.1, -0.05) is 54.6 Å². The highest BCUT2D eigenvalue weighted by Gasteiger charge is 2.37. The number of ether oxygens (including phenoxy) is 1. The molecule has 0 radical (unpaired) electrons. The fraction of sp³-hybridized carbons (Fsp3) is 0.200. The SMILES string of the molecule is Fc1ccc2c(c1)C1C=CCC1C(c1ccc(OCc3ccccc3)cc1)N2. The third kappa shape index (κ3) is 3.18. The standard InChI is InChI=1S/C25H22FNO/c26-19-11-14-24-23(15-19)21-7-4-8-22(21)25(27-24)18-9-12-20(13-10-18)28-16-17-5-2-1-3-6-17/h1-7,9-15,21-22,25,27H,8,16H2. The van der Waals surface area contributed by atoms with Crippen LogP contribution in [0.15, 0.2) is 84.9 Å². The van der Waals surface area contributed by atoms with E-state index in [4.69, 9.17) is 4.74 Å². The Morgan fingerprint density at radius 1 is 0.964 bits per heavy atom. The Labute approximate surface area is 164 Å². The van der Waals surface area contributed by atoms with Gasteiger partial charge in [-0.3, -0.25) is 0 Å². The van der Waals surface area contributed by atoms with Crippen LogP contribution >= 0.6 is 0 Å². The summed E-state index contributed by atoms with van der Waals surface area (Å²) in [5.74, 6) is 1.38. The number of hydrogen-bond donors (Lipinski definition) is 1. The minimum absolute atomic E-state index is 0.169. The molecule has 3 aromatic carbocycles. The summed E-state index contributed by atoms with van der Waals surface area (Å²) in [5, 5.41) is 3.64. The van der Waals surface area contributed by atoms with Crippen molar-refractivity contribution >= 4 is 5.69 Å². The van der Waals surface area contributed by atoms with Gasteiger partial charge in [-0.05, 0) is 59.4 Å². The predicted octanol–water partition coefficient (Wildman–Crippen LogP) is 6.23. The van der Waals surface area contributed by atoms with Crippen LogP contribution in [0.4, 0.5) is 10.1 Å². The van der Waals surface area contributed by atoms with E-state index in [1.165, 1.54) is 11.6 Å². The molecule has 0 fully saturated rings. The zero-order valence-electron chi connectivity index (χ0n) is 15.5. The molecule has 1 aliphatic carbocycles. The summed E-state index contributed by atoms with van der Waals surface area (Å²) in [6, 6.07) is 23.8. The van der Waals surface area contributed by atoms with Crippen molar-refractivity contribution in [3.8, 4) is 5.75 Å². The molecule has 2 aliphatic rings. The summed E-state index contributed by atoms with van der Waals surface area (Å²) in [6.07, 6.45) is 5.46. The van der Waals surface area contributed by atoms with Crippen LogP contribution in [0, 0.1) is 11.7 Å². The van der Waals surface area contributed by atoms with Gasteiger partial charge in [0.2, 0.25) is 0 Å². The molecule has 0 saturated carbocycles. The van der Waals surface area contributed by atoms with Crippen LogP contribution in [0.25, 0.3) is 0 Å². The van der Waals surface area contributed by atoms with Crippen LogP contribution < -0.4 is 10.1 Å². The minimum Gasteiger partial charge on any atom is -0.489 e. The summed E-state index contributed by atoms with van der Waals surface area (Å²) in [4.78, 5) is 0. The summed E-state index contributed by atoms with van der Waals surface area (Å²) in [5.41, 5.74) is 4.49. The van der Waals surface area contributed by atoms with Crippen LogP contribution in [-0.2, 0) is 6.61 Å². The summed E-state index contributed by atoms with van der Waals surface area (Å²) >= 11 is 0. The van der Waals surface area contributed by atoms with Gasteiger partial charge >= 0.3 is 0 Å². The molecular formula is C25H22FNO. The molecule has 1 aliphatic heterocycles. The Bertz CT molecular complexity index is 997. The molecule has 2 nitrogen and oxygen atoms in total. The molecule has 1 heterocycles. The van der Waals surface area contributed by atoms with Crippen LogP contribution in [0.3, 0.4) is 0 Å². The Balaban J connectivity index is 1.35. The summed E-state index contributed by atoms with van der Waals surface area (Å²) < 4.78 is 19.7. The third-order valence-corrected chi connectivity index (χ3v) is 5.81. The molecule has 0 saturated heterocycles. The molecule has 0 aromatic heterocycles. The van der Waals surface area contributed by atoms with E-state index in [9.17, 15) is 4.39 Å². The zero-order valence-corrected chi connectivity index (χ0v) is 15.5. The Hall–Kier alpha value is -3.07. The molecule has 140 valence electrons. The Kier molecular flexibility index (Phi) is 4.36. The number of halogens is 1. The molecule has 3 unspecified atom stereocenters. The average molecular weight is 371 g/mol. The molecule has 3 aromatic rings. The highest BCUT2D eigenvalue weighted by molar-refractivity contribution is 5.59. The molecule has 28 heavy (non-hydrogen) atoms. The highest BCUT2D eigenvalue weighted by Crippen LogP contribution is 2.49. The summed E-state index contributed by atoms with van der Waals surface area (Å²) in [7, 11) is 0. The molecule has 3 atom stereocenters. The van der Waals surface area contributed by atoms with E-state index in [0.717, 1.165) is 29.0 Å². The van der Waals surface area contributed by atoms with E-state index >= 15 is 0 Å². The predicted molar refractivity (Wildman–Crippen MR) is 110 cm³/mol. The van der Waals surface area contributed by atoms with Crippen molar-refractivity contribution in [2.45, 2.75) is 25.0 Å². The lowest BCUT2D eigenvalue weighted by atomic mass is 9.77. The van der Waals surface area contributed by atoms with Gasteiger partial charge in [0.15, 0.2) is 0 Å². The fourth-order valence-corrected chi connectivity index (χ4v) is 4.41. The normalized spacial score (nSPS) is 22.2. The molecule has 0 spiro atoms. The number of allylic oxidation sites excluding steroid dienone is 2. The van der Waals surface area contributed by atoms with Gasteiger partial charge in [0.05, 0.1) is 6.04 Å². The van der Waals surface area contributed by atoms with E-state index in [0.29, 0.717) is 12.5 Å². The number of nitrogens with one attached hydrogen (secondary N) is 1. The third-order valence-electron chi connectivity index (χ3n) is 5.81. The molecule has 1 N–H and O–H groups in total. The van der Waals surface area contributed by atoms with Crippen LogP contribution in [0.1, 0.15) is 35.1 Å². The Morgan fingerprint density at radius 3 is 2.61 bits per heavy atom. The van der Waals surface area contributed by atoms with Crippen molar-refractivity contribution < 1.29 is 9.13 Å². The molecule has 5 rings (SSSR count). The first kappa shape index (κ1) is 17.1. The maximum Gasteiger partial charge on any atom is 0.123 e. The number of fused-ring (bicyclic) bond motifs is 3. The minimum atomic E-state index is -0.169. The molecule has 0 bridgehead atoms. The van der Waals surface area contributed by atoms with E-state index in [2.05, 4.69) is 41.7 Å². The van der Waals surface area contributed by atoms with Crippen LogP contribution in [0.5, 0.6) is 5.75 Å². The van der Waals surface area contributed by atoms with Gasteiger partial charge in [0, 0.05) is 11.6 Å².